The second-order valence-electron chi connectivity index (χ2n) is 3.88. The summed E-state index contributed by atoms with van der Waals surface area (Å²) >= 11 is 5.97. The molecule has 0 aliphatic carbocycles. The Labute approximate surface area is 116 Å². The van der Waals surface area contributed by atoms with E-state index in [1.165, 1.54) is 0 Å². The van der Waals surface area contributed by atoms with Gasteiger partial charge in [0, 0.05) is 13.3 Å². The number of anilines is 2. The lowest BCUT2D eigenvalue weighted by Crippen LogP contribution is -2.03. The van der Waals surface area contributed by atoms with E-state index >= 15 is 0 Å². The Morgan fingerprint density at radius 3 is 3.11 bits per heavy atom. The summed E-state index contributed by atoms with van der Waals surface area (Å²) in [6.07, 6.45) is 3.54. The predicted molar refractivity (Wildman–Crippen MR) is 73.6 cm³/mol. The number of nitrogens with one attached hydrogen (secondary N) is 1. The van der Waals surface area contributed by atoms with Crippen LogP contribution in [0.2, 0.25) is 5.02 Å². The van der Waals surface area contributed by atoms with Gasteiger partial charge in [-0.05, 0) is 12.1 Å². The molecule has 0 aliphatic heterocycles. The summed E-state index contributed by atoms with van der Waals surface area (Å²) in [4.78, 5) is 0. The molecule has 0 saturated carbocycles. The lowest BCUT2D eigenvalue weighted by molar-refractivity contribution is 0.183. The van der Waals surface area contributed by atoms with Gasteiger partial charge in [-0.3, -0.25) is 4.68 Å². The third-order valence-corrected chi connectivity index (χ3v) is 2.88. The van der Waals surface area contributed by atoms with Crippen molar-refractivity contribution in [1.29, 1.82) is 5.26 Å². The number of methoxy groups -OCH3 is 1. The quantitative estimate of drug-likeness (QED) is 0.912. The fraction of sp³-hybridized carbons (Fsp3) is 0.231. The van der Waals surface area contributed by atoms with Gasteiger partial charge in [-0.25, -0.2) is 0 Å². The van der Waals surface area contributed by atoms with E-state index in [1.54, 1.807) is 36.2 Å². The van der Waals surface area contributed by atoms with Gasteiger partial charge in [-0.15, -0.1) is 0 Å². The van der Waals surface area contributed by atoms with Gasteiger partial charge in [0.05, 0.1) is 41.3 Å². The molecule has 0 unspecified atom stereocenters. The predicted octanol–water partition coefficient (Wildman–Crippen LogP) is 2.80. The largest absolute Gasteiger partial charge is 0.383 e. The average Bonchev–Trinajstić information content (AvgIpc) is 2.84. The van der Waals surface area contributed by atoms with Crippen LogP contribution in [0.15, 0.2) is 30.6 Å². The van der Waals surface area contributed by atoms with E-state index in [0.29, 0.717) is 29.4 Å². The standard InChI is InChI=1S/C13H13ClN4O/c1-19-6-5-18-9-10(8-16-18)17-13-4-2-3-12(14)11(13)7-15/h2-4,8-9,17H,5-6H2,1H3. The molecule has 2 rings (SSSR count). The Morgan fingerprint density at radius 1 is 1.53 bits per heavy atom. The molecule has 1 aromatic carbocycles. The maximum atomic E-state index is 9.09. The molecule has 0 radical (unpaired) electrons. The van der Waals surface area contributed by atoms with Crippen molar-refractivity contribution < 1.29 is 4.74 Å². The van der Waals surface area contributed by atoms with E-state index in [1.807, 2.05) is 6.20 Å². The summed E-state index contributed by atoms with van der Waals surface area (Å²) in [6, 6.07) is 7.37. The second-order valence-corrected chi connectivity index (χ2v) is 4.29. The molecule has 0 amide bonds. The lowest BCUT2D eigenvalue weighted by atomic mass is 10.2. The Kier molecular flexibility index (Phi) is 4.39. The number of ether oxygens (including phenoxy) is 1. The molecule has 0 atom stereocenters. The monoisotopic (exact) mass is 276 g/mol. The van der Waals surface area contributed by atoms with Gasteiger partial charge in [-0.2, -0.15) is 10.4 Å². The first-order valence-corrected chi connectivity index (χ1v) is 6.09. The van der Waals surface area contributed by atoms with Crippen LogP contribution in [0, 0.1) is 11.3 Å². The first kappa shape index (κ1) is 13.4. The number of nitrogens with zero attached hydrogens (tertiary/aromatic N) is 3. The van der Waals surface area contributed by atoms with Crippen molar-refractivity contribution >= 4 is 23.0 Å². The van der Waals surface area contributed by atoms with E-state index in [4.69, 9.17) is 21.6 Å². The molecular weight excluding hydrogens is 264 g/mol. The van der Waals surface area contributed by atoms with Gasteiger partial charge in [0.2, 0.25) is 0 Å². The van der Waals surface area contributed by atoms with E-state index in [2.05, 4.69) is 16.5 Å². The fourth-order valence-corrected chi connectivity index (χ4v) is 1.85. The van der Waals surface area contributed by atoms with E-state index < -0.39 is 0 Å². The molecule has 1 heterocycles. The highest BCUT2D eigenvalue weighted by molar-refractivity contribution is 6.32. The summed E-state index contributed by atoms with van der Waals surface area (Å²) in [5.41, 5.74) is 1.89. The van der Waals surface area contributed by atoms with Crippen LogP contribution in [0.4, 0.5) is 11.4 Å². The van der Waals surface area contributed by atoms with Crippen LogP contribution < -0.4 is 5.32 Å². The highest BCUT2D eigenvalue weighted by atomic mass is 35.5. The van der Waals surface area contributed by atoms with Crippen molar-refractivity contribution in [2.75, 3.05) is 19.0 Å². The van der Waals surface area contributed by atoms with Crippen LogP contribution in [0.25, 0.3) is 0 Å². The highest BCUT2D eigenvalue weighted by Crippen LogP contribution is 2.26. The first-order valence-electron chi connectivity index (χ1n) is 5.71. The van der Waals surface area contributed by atoms with Crippen molar-refractivity contribution in [3.05, 3.63) is 41.2 Å². The normalized spacial score (nSPS) is 10.2. The van der Waals surface area contributed by atoms with Crippen molar-refractivity contribution in [1.82, 2.24) is 9.78 Å². The number of hydrogen-bond donors (Lipinski definition) is 1. The summed E-state index contributed by atoms with van der Waals surface area (Å²) in [6.45, 7) is 1.28. The van der Waals surface area contributed by atoms with Gasteiger partial charge in [0.15, 0.2) is 0 Å². The molecule has 0 bridgehead atoms. The molecule has 5 nitrogen and oxygen atoms in total. The van der Waals surface area contributed by atoms with Crippen LogP contribution in [0.5, 0.6) is 0 Å². The summed E-state index contributed by atoms with van der Waals surface area (Å²) in [7, 11) is 1.65. The molecule has 0 spiro atoms. The van der Waals surface area contributed by atoms with Crippen molar-refractivity contribution in [2.24, 2.45) is 0 Å². The van der Waals surface area contributed by atoms with Crippen LogP contribution in [0.1, 0.15) is 5.56 Å². The Balaban J connectivity index is 2.15. The number of halogens is 1. The molecule has 1 aromatic heterocycles. The topological polar surface area (TPSA) is 62.9 Å². The van der Waals surface area contributed by atoms with Gasteiger partial charge >= 0.3 is 0 Å². The molecule has 0 saturated heterocycles. The Bertz CT molecular complexity index is 603. The van der Waals surface area contributed by atoms with Crippen molar-refractivity contribution in [2.45, 2.75) is 6.54 Å². The van der Waals surface area contributed by atoms with Crippen LogP contribution in [-0.4, -0.2) is 23.5 Å². The van der Waals surface area contributed by atoms with Crippen LogP contribution >= 0.6 is 11.6 Å². The van der Waals surface area contributed by atoms with Gasteiger partial charge in [-0.1, -0.05) is 17.7 Å². The fourth-order valence-electron chi connectivity index (χ4n) is 1.63. The Hall–Kier alpha value is -2.03. The second kappa shape index (κ2) is 6.23. The third kappa shape index (κ3) is 3.25. The third-order valence-electron chi connectivity index (χ3n) is 2.56. The number of hydrogen-bond acceptors (Lipinski definition) is 4. The number of aromatic nitrogens is 2. The first-order chi connectivity index (χ1) is 9.24. The molecule has 2 aromatic rings. The average molecular weight is 277 g/mol. The lowest BCUT2D eigenvalue weighted by Gasteiger charge is -2.06. The maximum Gasteiger partial charge on any atom is 0.103 e. The minimum absolute atomic E-state index is 0.425. The van der Waals surface area contributed by atoms with E-state index in [9.17, 15) is 0 Å². The molecule has 0 aliphatic rings. The van der Waals surface area contributed by atoms with Gasteiger partial charge < -0.3 is 10.1 Å². The zero-order valence-corrected chi connectivity index (χ0v) is 11.2. The molecular formula is C13H13ClN4O. The minimum Gasteiger partial charge on any atom is -0.383 e. The van der Waals surface area contributed by atoms with E-state index in [0.717, 1.165) is 5.69 Å². The van der Waals surface area contributed by atoms with Crippen LogP contribution in [-0.2, 0) is 11.3 Å². The molecule has 1 N–H and O–H groups in total. The number of nitriles is 1. The smallest absolute Gasteiger partial charge is 0.103 e. The van der Waals surface area contributed by atoms with Gasteiger partial charge in [0.25, 0.3) is 0 Å². The maximum absolute atomic E-state index is 9.09. The SMILES string of the molecule is COCCn1cc(Nc2cccc(Cl)c2C#N)cn1. The van der Waals surface area contributed by atoms with Crippen molar-refractivity contribution in [3.63, 3.8) is 0 Å². The van der Waals surface area contributed by atoms with E-state index in [-0.39, 0.29) is 0 Å². The van der Waals surface area contributed by atoms with Crippen LogP contribution in [0.3, 0.4) is 0 Å². The zero-order valence-electron chi connectivity index (χ0n) is 10.4. The van der Waals surface area contributed by atoms with Crippen molar-refractivity contribution in [3.8, 4) is 6.07 Å². The minimum atomic E-state index is 0.425. The van der Waals surface area contributed by atoms with Gasteiger partial charge in [0.1, 0.15) is 6.07 Å². The zero-order chi connectivity index (χ0) is 13.7. The molecule has 6 heteroatoms. The Morgan fingerprint density at radius 2 is 2.37 bits per heavy atom. The number of benzene rings is 1. The number of rotatable bonds is 5. The summed E-state index contributed by atoms with van der Waals surface area (Å²) < 4.78 is 6.75. The summed E-state index contributed by atoms with van der Waals surface area (Å²) in [5, 5.41) is 16.8. The molecule has 98 valence electrons. The molecule has 0 fully saturated rings. The highest BCUT2D eigenvalue weighted by Gasteiger charge is 2.07. The summed E-state index contributed by atoms with van der Waals surface area (Å²) in [5.74, 6) is 0. The molecule has 19 heavy (non-hydrogen) atoms.